The Morgan fingerprint density at radius 2 is 1.04 bits per heavy atom. The second kappa shape index (κ2) is 41.8. The third kappa shape index (κ3) is 22.4. The third-order valence-electron chi connectivity index (χ3n) is 20.3. The Bertz CT molecular complexity index is 4680. The quantitative estimate of drug-likeness (QED) is 0.0292. The first-order valence-corrected chi connectivity index (χ1v) is 40.5. The van der Waals surface area contributed by atoms with Crippen molar-refractivity contribution >= 4 is 180 Å². The van der Waals surface area contributed by atoms with E-state index in [0.717, 1.165) is 191 Å². The maximum absolute atomic E-state index is 11.8. The minimum Gasteiger partial charge on any atom is -0.465 e. The highest BCUT2D eigenvalue weighted by atomic mass is 127. The van der Waals surface area contributed by atoms with Gasteiger partial charge in [0, 0.05) is 96.4 Å². The number of fused-ring (bicyclic) bond motifs is 4. The molecule has 2 bridgehead atoms. The van der Waals surface area contributed by atoms with Gasteiger partial charge in [0.15, 0.2) is 9.05 Å². The molecule has 4 saturated heterocycles. The number of aromatic nitrogens is 3. The molecule has 2 saturated carbocycles. The lowest BCUT2D eigenvalue weighted by molar-refractivity contribution is 0.00913. The number of ether oxygens (including phenoxy) is 10. The number of piperidine rings is 1. The van der Waals surface area contributed by atoms with Gasteiger partial charge < -0.3 is 80.1 Å². The molecule has 16 rings (SSSR count). The number of hydrogen-bond donors (Lipinski definition) is 5. The molecule has 8 heterocycles. The molecule has 3 aromatic heterocycles. The Morgan fingerprint density at radius 1 is 0.545 bits per heavy atom. The van der Waals surface area contributed by atoms with Gasteiger partial charge in [-0.1, -0.05) is 51.8 Å². The summed E-state index contributed by atoms with van der Waals surface area (Å²) in [6.07, 6.45) is 13.5. The van der Waals surface area contributed by atoms with Crippen molar-refractivity contribution in [2.45, 2.75) is 113 Å². The number of halogens is 5. The van der Waals surface area contributed by atoms with Crippen LogP contribution in [0.5, 0.6) is 0 Å². The Labute approximate surface area is 701 Å². The van der Waals surface area contributed by atoms with Crippen molar-refractivity contribution in [2.75, 3.05) is 118 Å². The SMILES string of the molecule is COC(=O)c1cc(C2CCOCC2)c2nc(Br)sc2c1.COC(=O)c1cc(C2CCOCC2)c2nc(N)sc2c1.COC(=O)c1ccc(N)c(Br)c1.COC(=O)c1ccc(N)c(C2=CCOCC2)c1.COC(=O)c1ccc(N)c(C2CCOCC2)c1.Clc1cccc(Cl)c1-c1noc(C2CC2)c1CO[C@@H]1C[C@@H]2C[C@H]1CN2.I. The minimum absolute atomic E-state index is 0. The molecule has 598 valence electrons. The molecule has 0 radical (unpaired) electrons. The Balaban J connectivity index is 0.000000144. The fourth-order valence-corrected chi connectivity index (χ4v) is 17.5. The number of rotatable bonds is 14. The summed E-state index contributed by atoms with van der Waals surface area (Å²) in [4.78, 5) is 66.5. The number of nitrogen functional groups attached to an aromatic ring is 4. The standard InChI is InChI=1S/C19H20Cl2N2O2.C14H14BrNO3S.C14H16N2O3S.C13H17NO3.C13H15NO3.C8H8BrNO2.HI/c20-14-2-1-3-15(21)17(14)18-13(19(25-23-18)10-4-5-10)9-24-16-7-12-6-11(16)8-22-12;2*1-18-13(17)9-6-10(8-2-4-19-5-3-8)12-11(7-9)20-14(15)16-12;2*1-16-13(15)10-2-3-12(14)11(8-10)9-4-6-17-7-5-9;1-12-8(11)5-2-3-7(10)6(9)4-5;/h1-3,10-12,16,22H,4-9H2;6-8H,2-5H2,1H3;6-8H,2-5H2,1H3,(H2,15,16);2-3,8-9H,4-7,14H2,1H3;2-4,8H,5-7,14H2,1H3;2-4H,10H2,1H3;1H/t11-,12-,16+;;;;;;/m0....../s1. The molecule has 5 aliphatic heterocycles. The number of nitrogens with zero attached hydrogens (tertiary/aromatic N) is 3. The zero-order chi connectivity index (χ0) is 78.8. The van der Waals surface area contributed by atoms with Crippen LogP contribution in [0.2, 0.25) is 10.0 Å². The number of nitrogens with two attached hydrogens (primary N) is 4. The predicted molar refractivity (Wildman–Crippen MR) is 453 cm³/mol. The van der Waals surface area contributed by atoms with Gasteiger partial charge in [0.2, 0.25) is 0 Å². The van der Waals surface area contributed by atoms with Crippen molar-refractivity contribution in [1.29, 1.82) is 0 Å². The summed E-state index contributed by atoms with van der Waals surface area (Å²) in [6, 6.07) is 29.0. The van der Waals surface area contributed by atoms with Crippen LogP contribution in [0.25, 0.3) is 37.3 Å². The predicted octanol–water partition coefficient (Wildman–Crippen LogP) is 17.3. The number of esters is 5. The Kier molecular flexibility index (Phi) is 32.5. The van der Waals surface area contributed by atoms with Crippen LogP contribution < -0.4 is 28.3 Å². The molecular formula is C81H91Br2Cl2IN8O16S2. The highest BCUT2D eigenvalue weighted by Gasteiger charge is 2.41. The third-order valence-corrected chi connectivity index (χ3v) is 23.9. The molecule has 2 aliphatic carbocycles. The lowest BCUT2D eigenvalue weighted by atomic mass is 9.89. The average Bonchev–Trinajstić information content (AvgIpc) is 1.60. The van der Waals surface area contributed by atoms with Gasteiger partial charge in [-0.15, -0.1) is 35.3 Å². The first-order chi connectivity index (χ1) is 53.7. The number of anilines is 4. The maximum Gasteiger partial charge on any atom is 0.337 e. The highest BCUT2D eigenvalue weighted by molar-refractivity contribution is 14.0. The van der Waals surface area contributed by atoms with Crippen molar-refractivity contribution < 1.29 is 75.9 Å². The first-order valence-electron chi connectivity index (χ1n) is 36.5. The van der Waals surface area contributed by atoms with E-state index in [9.17, 15) is 24.0 Å². The molecular weight excluding hydrogens is 1760 g/mol. The number of carbonyl (C=O) groups is 5. The summed E-state index contributed by atoms with van der Waals surface area (Å²) in [7, 11) is 6.89. The van der Waals surface area contributed by atoms with Gasteiger partial charge in [-0.25, -0.2) is 33.9 Å². The van der Waals surface area contributed by atoms with Crippen molar-refractivity contribution in [3.05, 3.63) is 183 Å². The van der Waals surface area contributed by atoms with E-state index in [2.05, 4.69) is 57.0 Å². The number of thiazole rings is 2. The van der Waals surface area contributed by atoms with Crippen LogP contribution in [0.4, 0.5) is 22.2 Å². The van der Waals surface area contributed by atoms with Gasteiger partial charge in [-0.2, -0.15) is 0 Å². The zero-order valence-electron chi connectivity index (χ0n) is 62.6. The van der Waals surface area contributed by atoms with E-state index in [4.69, 9.17) is 93.3 Å². The topological polar surface area (TPSA) is 346 Å². The molecule has 7 aliphatic rings. The van der Waals surface area contributed by atoms with E-state index < -0.39 is 0 Å². The molecule has 112 heavy (non-hydrogen) atoms. The van der Waals surface area contributed by atoms with E-state index in [1.54, 1.807) is 54.6 Å². The summed E-state index contributed by atoms with van der Waals surface area (Å²) in [5.41, 5.74) is 37.6. The highest BCUT2D eigenvalue weighted by Crippen LogP contribution is 2.47. The van der Waals surface area contributed by atoms with E-state index in [1.165, 1.54) is 64.6 Å². The van der Waals surface area contributed by atoms with Gasteiger partial charge in [0.1, 0.15) is 11.5 Å². The van der Waals surface area contributed by atoms with Crippen LogP contribution in [0.3, 0.4) is 0 Å². The van der Waals surface area contributed by atoms with Crippen molar-refractivity contribution in [2.24, 2.45) is 5.92 Å². The Morgan fingerprint density at radius 3 is 1.54 bits per heavy atom. The summed E-state index contributed by atoms with van der Waals surface area (Å²) < 4.78 is 60.5. The fraction of sp³-hybridized carbons (Fsp3) is 0.407. The molecule has 6 fully saturated rings. The first kappa shape index (κ1) is 87.0. The van der Waals surface area contributed by atoms with Crippen LogP contribution in [-0.4, -0.2) is 152 Å². The van der Waals surface area contributed by atoms with Crippen molar-refractivity contribution in [3.8, 4) is 11.3 Å². The molecule has 0 spiro atoms. The lowest BCUT2D eigenvalue weighted by Crippen LogP contribution is -2.34. The van der Waals surface area contributed by atoms with Crippen LogP contribution >= 0.6 is 102 Å². The largest absolute Gasteiger partial charge is 0.465 e. The van der Waals surface area contributed by atoms with Gasteiger partial charge in [0.25, 0.3) is 0 Å². The molecule has 3 atom stereocenters. The number of nitrogens with one attached hydrogen (secondary N) is 1. The number of benzene rings is 6. The number of carbonyl (C=O) groups excluding carboxylic acids is 5. The lowest BCUT2D eigenvalue weighted by Gasteiger charge is -2.23. The molecule has 0 unspecified atom stereocenters. The Hall–Kier alpha value is -7.37. The fourth-order valence-electron chi connectivity index (χ4n) is 14.2. The second-order valence-electron chi connectivity index (χ2n) is 27.3. The molecule has 9 N–H and O–H groups in total. The molecule has 31 heteroatoms. The zero-order valence-corrected chi connectivity index (χ0v) is 71.3. The van der Waals surface area contributed by atoms with Crippen molar-refractivity contribution in [3.63, 3.8) is 0 Å². The van der Waals surface area contributed by atoms with Gasteiger partial charge >= 0.3 is 29.8 Å². The monoisotopic (exact) mass is 1850 g/mol. The van der Waals surface area contributed by atoms with Gasteiger partial charge in [-0.05, 0) is 239 Å². The molecule has 24 nitrogen and oxygen atoms in total. The summed E-state index contributed by atoms with van der Waals surface area (Å²) in [6.45, 7) is 7.39. The smallest absolute Gasteiger partial charge is 0.337 e. The molecule has 6 aromatic carbocycles. The number of methoxy groups -OCH3 is 5. The average molecular weight is 1850 g/mol. The normalized spacial score (nSPS) is 18.0. The summed E-state index contributed by atoms with van der Waals surface area (Å²) in [5.74, 6) is 1.51. The van der Waals surface area contributed by atoms with Gasteiger partial charge in [-0.3, -0.25) is 0 Å². The summed E-state index contributed by atoms with van der Waals surface area (Å²) in [5, 5.41) is 9.56. The molecule has 9 aromatic rings. The van der Waals surface area contributed by atoms with Crippen LogP contribution in [0.1, 0.15) is 180 Å². The van der Waals surface area contributed by atoms with E-state index in [0.29, 0.717) is 120 Å². The minimum atomic E-state index is -0.365. The van der Waals surface area contributed by atoms with Gasteiger partial charge in [0.05, 0.1) is 120 Å². The maximum atomic E-state index is 11.8. The van der Waals surface area contributed by atoms with Crippen LogP contribution in [-0.2, 0) is 54.0 Å². The van der Waals surface area contributed by atoms with Crippen molar-refractivity contribution in [1.82, 2.24) is 20.4 Å². The number of hydrogen-bond acceptors (Lipinski definition) is 26. The van der Waals surface area contributed by atoms with Crippen LogP contribution in [0.15, 0.2) is 116 Å². The molecule has 0 amide bonds. The summed E-state index contributed by atoms with van der Waals surface area (Å²) >= 11 is 22.4. The van der Waals surface area contributed by atoms with E-state index in [1.807, 2.05) is 48.5 Å². The second-order valence-corrected chi connectivity index (χ2v) is 32.4. The van der Waals surface area contributed by atoms with E-state index in [-0.39, 0.29) is 53.8 Å². The van der Waals surface area contributed by atoms with E-state index >= 15 is 0 Å². The van der Waals surface area contributed by atoms with Crippen LogP contribution in [0, 0.1) is 5.92 Å².